The number of carbonyl (C=O) groups is 1. The first-order valence-electron chi connectivity index (χ1n) is 11.3. The molecule has 0 radical (unpaired) electrons. The van der Waals surface area contributed by atoms with Crippen molar-refractivity contribution >= 4 is 25.6 Å². The molecule has 1 aromatic heterocycles. The summed E-state index contributed by atoms with van der Waals surface area (Å²) in [5.41, 5.74) is -1.60. The van der Waals surface area contributed by atoms with Crippen LogP contribution in [0, 0.1) is 5.92 Å². The zero-order chi connectivity index (χ0) is 29.6. The Labute approximate surface area is 220 Å². The highest BCUT2D eigenvalue weighted by molar-refractivity contribution is 7.92. The van der Waals surface area contributed by atoms with Gasteiger partial charge in [0.1, 0.15) is 5.75 Å². The van der Waals surface area contributed by atoms with Crippen LogP contribution in [0.25, 0.3) is 0 Å². The van der Waals surface area contributed by atoms with Gasteiger partial charge in [0, 0.05) is 31.7 Å². The van der Waals surface area contributed by atoms with E-state index < -0.39 is 69.9 Å². The molecule has 16 heteroatoms. The summed E-state index contributed by atoms with van der Waals surface area (Å²) in [7, 11) is -8.46. The molecule has 8 nitrogen and oxygen atoms in total. The van der Waals surface area contributed by atoms with Crippen molar-refractivity contribution in [3.8, 4) is 5.75 Å². The van der Waals surface area contributed by atoms with E-state index in [9.17, 15) is 48.0 Å². The summed E-state index contributed by atoms with van der Waals surface area (Å²) < 4.78 is 130. The van der Waals surface area contributed by atoms with Crippen LogP contribution < -0.4 is 4.74 Å². The molecule has 0 bridgehead atoms. The predicted octanol–water partition coefficient (Wildman–Crippen LogP) is 4.51. The van der Waals surface area contributed by atoms with E-state index in [-0.39, 0.29) is 31.5 Å². The number of carbonyl (C=O) groups excluding carboxylic acids is 1. The second kappa shape index (κ2) is 10.3. The lowest BCUT2D eigenvalue weighted by Crippen LogP contribution is -2.47. The number of halogens is 6. The summed E-state index contributed by atoms with van der Waals surface area (Å²) in [6.07, 6.45) is -7.59. The smallest absolute Gasteiger partial charge is 0.406 e. The molecule has 0 N–H and O–H groups in total. The van der Waals surface area contributed by atoms with Gasteiger partial charge in [0.15, 0.2) is 19.7 Å². The largest absolute Gasteiger partial charge is 0.573 e. The molecular weight excluding hydrogens is 578 g/mol. The molecule has 3 rings (SSSR count). The Balaban J connectivity index is 1.82. The second-order valence-electron chi connectivity index (χ2n) is 9.56. The summed E-state index contributed by atoms with van der Waals surface area (Å²) in [6, 6.07) is 2.82. The molecule has 1 aliphatic rings. The molecule has 1 amide bonds. The van der Waals surface area contributed by atoms with Gasteiger partial charge >= 0.3 is 12.5 Å². The minimum Gasteiger partial charge on any atom is -0.406 e. The van der Waals surface area contributed by atoms with E-state index in [1.165, 1.54) is 18.7 Å². The van der Waals surface area contributed by atoms with Crippen molar-refractivity contribution in [3.63, 3.8) is 0 Å². The maximum Gasteiger partial charge on any atom is 0.573 e. The van der Waals surface area contributed by atoms with Gasteiger partial charge < -0.3 is 9.64 Å². The van der Waals surface area contributed by atoms with Gasteiger partial charge in [-0.2, -0.15) is 13.2 Å². The van der Waals surface area contributed by atoms with Crippen molar-refractivity contribution in [1.82, 2.24) is 9.88 Å². The van der Waals surface area contributed by atoms with Gasteiger partial charge in [-0.05, 0) is 56.9 Å². The Bertz CT molecular complexity index is 1460. The van der Waals surface area contributed by atoms with Crippen molar-refractivity contribution in [2.45, 2.75) is 53.8 Å². The Morgan fingerprint density at radius 1 is 0.974 bits per heavy atom. The van der Waals surface area contributed by atoms with Crippen molar-refractivity contribution < 1.29 is 52.7 Å². The number of aromatic nitrogens is 1. The van der Waals surface area contributed by atoms with Crippen molar-refractivity contribution in [1.29, 1.82) is 0 Å². The number of rotatable bonds is 6. The number of benzene rings is 1. The molecule has 2 heterocycles. The van der Waals surface area contributed by atoms with Crippen LogP contribution >= 0.6 is 0 Å². The van der Waals surface area contributed by atoms with E-state index in [0.29, 0.717) is 18.3 Å². The molecule has 216 valence electrons. The number of amides is 1. The lowest BCUT2D eigenvalue weighted by Gasteiger charge is -2.40. The monoisotopic (exact) mass is 602 g/mol. The molecule has 1 saturated heterocycles. The molecule has 39 heavy (non-hydrogen) atoms. The normalized spacial score (nSPS) is 16.3. The predicted molar refractivity (Wildman–Crippen MR) is 125 cm³/mol. The molecule has 1 aromatic carbocycles. The first-order chi connectivity index (χ1) is 17.6. The Morgan fingerprint density at radius 3 is 2.08 bits per heavy atom. The third kappa shape index (κ3) is 6.65. The Hall–Kier alpha value is -2.88. The number of piperidine rings is 1. The molecule has 0 saturated carbocycles. The van der Waals surface area contributed by atoms with Gasteiger partial charge in [-0.3, -0.25) is 9.78 Å². The van der Waals surface area contributed by atoms with Crippen LogP contribution in [0.15, 0.2) is 46.5 Å². The van der Waals surface area contributed by atoms with E-state index in [1.807, 2.05) is 0 Å². The number of nitrogens with zero attached hydrogens (tertiary/aromatic N) is 2. The Morgan fingerprint density at radius 2 is 1.56 bits per heavy atom. The van der Waals surface area contributed by atoms with Crippen LogP contribution in [-0.4, -0.2) is 63.1 Å². The van der Waals surface area contributed by atoms with E-state index in [4.69, 9.17) is 0 Å². The van der Waals surface area contributed by atoms with Gasteiger partial charge in [-0.1, -0.05) is 0 Å². The molecule has 1 aliphatic heterocycles. The SMILES string of the molecule is CC(C)(C1CCN(C(=O)c2ccc(OC(F)(F)F)cc2S(C)(=O)=O)CC1)S(=O)(=O)c1cncc(C(F)(F)F)c1. The molecule has 0 spiro atoms. The summed E-state index contributed by atoms with van der Waals surface area (Å²) in [5, 5.41) is 0. The fraction of sp³-hybridized carbons (Fsp3) is 0.478. The minimum absolute atomic E-state index is 0.0344. The van der Waals surface area contributed by atoms with Gasteiger partial charge in [0.25, 0.3) is 5.91 Å². The fourth-order valence-corrected chi connectivity index (χ4v) is 7.02. The summed E-state index contributed by atoms with van der Waals surface area (Å²) in [5.74, 6) is -2.22. The lowest BCUT2D eigenvalue weighted by molar-refractivity contribution is -0.274. The zero-order valence-electron chi connectivity index (χ0n) is 20.8. The highest BCUT2D eigenvalue weighted by Crippen LogP contribution is 2.39. The highest BCUT2D eigenvalue weighted by atomic mass is 32.2. The van der Waals surface area contributed by atoms with E-state index >= 15 is 0 Å². The van der Waals surface area contributed by atoms with Crippen LogP contribution in [0.3, 0.4) is 0 Å². The molecule has 0 atom stereocenters. The van der Waals surface area contributed by atoms with Crippen molar-refractivity contribution in [2.24, 2.45) is 5.92 Å². The number of ether oxygens (including phenoxy) is 1. The second-order valence-corrected chi connectivity index (χ2v) is 14.1. The average molecular weight is 603 g/mol. The van der Waals surface area contributed by atoms with E-state index in [1.54, 1.807) is 0 Å². The minimum atomic E-state index is -5.08. The third-order valence-electron chi connectivity index (χ3n) is 6.63. The van der Waals surface area contributed by atoms with Gasteiger partial charge in [0.2, 0.25) is 0 Å². The van der Waals surface area contributed by atoms with E-state index in [0.717, 1.165) is 24.6 Å². The average Bonchev–Trinajstić information content (AvgIpc) is 2.81. The van der Waals surface area contributed by atoms with Crippen LogP contribution in [0.4, 0.5) is 26.3 Å². The molecular formula is C23H24F6N2O6S2. The van der Waals surface area contributed by atoms with E-state index in [2.05, 4.69) is 9.72 Å². The summed E-state index contributed by atoms with van der Waals surface area (Å²) in [4.78, 5) is 16.5. The van der Waals surface area contributed by atoms with Crippen LogP contribution in [0.5, 0.6) is 5.75 Å². The van der Waals surface area contributed by atoms with Gasteiger partial charge in [-0.15, -0.1) is 13.2 Å². The number of likely N-dealkylation sites (tertiary alicyclic amines) is 1. The number of hydrogen-bond acceptors (Lipinski definition) is 7. The topological polar surface area (TPSA) is 111 Å². The summed E-state index contributed by atoms with van der Waals surface area (Å²) >= 11 is 0. The summed E-state index contributed by atoms with van der Waals surface area (Å²) in [6.45, 7) is 2.67. The number of sulfone groups is 2. The quantitative estimate of drug-likeness (QED) is 0.448. The zero-order valence-corrected chi connectivity index (χ0v) is 22.4. The number of alkyl halides is 6. The molecule has 1 fully saturated rings. The Kier molecular flexibility index (Phi) is 8.07. The first-order valence-corrected chi connectivity index (χ1v) is 14.7. The van der Waals surface area contributed by atoms with Crippen molar-refractivity contribution in [3.05, 3.63) is 47.8 Å². The maximum atomic E-state index is 13.3. The number of pyridine rings is 1. The fourth-order valence-electron chi connectivity index (χ4n) is 4.38. The maximum absolute atomic E-state index is 13.3. The standard InChI is InChI=1S/C23H24F6N2O6S2/c1-21(2,39(35,36)17-10-15(12-30-13-17)22(24,25)26)14-6-8-31(9-7-14)20(32)18-5-4-16(37-23(27,28)29)11-19(18)38(3,33)34/h4-5,10-14H,6-9H2,1-3H3. The first kappa shape index (κ1) is 30.7. The lowest BCUT2D eigenvalue weighted by atomic mass is 9.85. The third-order valence-corrected chi connectivity index (χ3v) is 10.3. The van der Waals surface area contributed by atoms with Crippen LogP contribution in [0.2, 0.25) is 0 Å². The highest BCUT2D eigenvalue weighted by Gasteiger charge is 2.45. The molecule has 2 aromatic rings. The number of hydrogen-bond donors (Lipinski definition) is 0. The van der Waals surface area contributed by atoms with Gasteiger partial charge in [0.05, 0.1) is 25.7 Å². The molecule has 0 aliphatic carbocycles. The molecule has 0 unspecified atom stereocenters. The van der Waals surface area contributed by atoms with Crippen LogP contribution in [-0.2, 0) is 25.9 Å². The van der Waals surface area contributed by atoms with Gasteiger partial charge in [-0.25, -0.2) is 16.8 Å². The van der Waals surface area contributed by atoms with Crippen LogP contribution in [0.1, 0.15) is 42.6 Å². The van der Waals surface area contributed by atoms with Crippen molar-refractivity contribution in [2.75, 3.05) is 19.3 Å².